The average molecular weight is 314 g/mol. The summed E-state index contributed by atoms with van der Waals surface area (Å²) < 4.78 is 5.40. The molecule has 8 heteroatoms. The van der Waals surface area contributed by atoms with Crippen molar-refractivity contribution in [3.05, 3.63) is 34.9 Å². The highest BCUT2D eigenvalue weighted by atomic mass is 35.5. The fraction of sp³-hybridized carbons (Fsp3) is 0.385. The van der Waals surface area contributed by atoms with Crippen molar-refractivity contribution in [1.82, 2.24) is 10.3 Å². The first-order valence-corrected chi connectivity index (χ1v) is 6.75. The van der Waals surface area contributed by atoms with E-state index in [2.05, 4.69) is 0 Å². The van der Waals surface area contributed by atoms with Crippen LogP contribution in [0.3, 0.4) is 0 Å². The van der Waals surface area contributed by atoms with Gasteiger partial charge in [0.2, 0.25) is 0 Å². The second-order valence-corrected chi connectivity index (χ2v) is 5.19. The van der Waals surface area contributed by atoms with Gasteiger partial charge in [-0.25, -0.2) is 10.6 Å². The summed E-state index contributed by atoms with van der Waals surface area (Å²) in [6.45, 7) is 0.0869. The molecule has 114 valence electrons. The molecule has 1 saturated heterocycles. The maximum absolute atomic E-state index is 11.4. The number of amides is 2. The van der Waals surface area contributed by atoms with E-state index in [1.807, 2.05) is 17.6 Å². The third-order valence-electron chi connectivity index (χ3n) is 3.36. The molecule has 2 atom stereocenters. The molecule has 0 radical (unpaired) electrons. The number of nitrogens with one attached hydrogen (secondary N) is 1. The van der Waals surface area contributed by atoms with Crippen molar-refractivity contribution in [2.45, 2.75) is 18.6 Å². The van der Waals surface area contributed by atoms with Crippen LogP contribution in [0.2, 0.25) is 5.02 Å². The summed E-state index contributed by atoms with van der Waals surface area (Å²) in [7, 11) is 0. The molecule has 2 amide bonds. The number of hydrogen-bond donors (Lipinski definition) is 3. The monoisotopic (exact) mass is 313 g/mol. The van der Waals surface area contributed by atoms with Crippen molar-refractivity contribution in [1.29, 1.82) is 0 Å². The topological polar surface area (TPSA) is 105 Å². The molecule has 0 spiro atoms. The number of carbonyl (C=O) groups excluding carboxylic acids is 1. The van der Waals surface area contributed by atoms with Gasteiger partial charge in [-0.3, -0.25) is 15.1 Å². The smallest absolute Gasteiger partial charge is 0.407 e. The molecule has 4 N–H and O–H groups in total. The molecule has 0 bridgehead atoms. The summed E-state index contributed by atoms with van der Waals surface area (Å²) in [6, 6.07) is 6.81. The highest BCUT2D eigenvalue weighted by Gasteiger charge is 2.35. The first kappa shape index (κ1) is 15.6. The molecule has 1 aromatic carbocycles. The van der Waals surface area contributed by atoms with E-state index >= 15 is 0 Å². The van der Waals surface area contributed by atoms with Gasteiger partial charge in [-0.1, -0.05) is 23.7 Å². The van der Waals surface area contributed by atoms with Crippen molar-refractivity contribution in [3.8, 4) is 0 Å². The molecular weight excluding hydrogens is 298 g/mol. The Bertz CT molecular complexity index is 523. The lowest BCUT2D eigenvalue weighted by Gasteiger charge is -2.37. The van der Waals surface area contributed by atoms with E-state index in [-0.39, 0.29) is 19.2 Å². The van der Waals surface area contributed by atoms with Gasteiger partial charge >= 0.3 is 6.09 Å². The van der Waals surface area contributed by atoms with Gasteiger partial charge in [0.1, 0.15) is 0 Å². The van der Waals surface area contributed by atoms with Gasteiger partial charge in [-0.05, 0) is 24.1 Å². The predicted molar refractivity (Wildman–Crippen MR) is 75.7 cm³/mol. The van der Waals surface area contributed by atoms with Gasteiger partial charge < -0.3 is 9.84 Å². The number of benzene rings is 1. The number of rotatable bonds is 3. The van der Waals surface area contributed by atoms with Crippen LogP contribution in [0.25, 0.3) is 0 Å². The quantitative estimate of drug-likeness (QED) is 0.431. The summed E-state index contributed by atoms with van der Waals surface area (Å²) in [5, 5.41) is 9.91. The first-order valence-electron chi connectivity index (χ1n) is 6.37. The van der Waals surface area contributed by atoms with E-state index in [1.54, 1.807) is 12.1 Å². The number of carboxylic acid groups (broad SMARTS) is 1. The van der Waals surface area contributed by atoms with E-state index in [0.717, 1.165) is 5.56 Å². The van der Waals surface area contributed by atoms with Crippen molar-refractivity contribution >= 4 is 23.6 Å². The van der Waals surface area contributed by atoms with Crippen LogP contribution in [0.4, 0.5) is 4.79 Å². The van der Waals surface area contributed by atoms with Crippen LogP contribution in [-0.4, -0.2) is 47.3 Å². The van der Waals surface area contributed by atoms with Crippen molar-refractivity contribution in [2.24, 2.45) is 5.84 Å². The van der Waals surface area contributed by atoms with Crippen LogP contribution in [0.1, 0.15) is 5.56 Å². The fourth-order valence-corrected chi connectivity index (χ4v) is 2.37. The lowest BCUT2D eigenvalue weighted by Crippen LogP contribution is -2.57. The van der Waals surface area contributed by atoms with Gasteiger partial charge in [0.15, 0.2) is 6.10 Å². The Hall–Kier alpha value is -1.83. The number of nitrogens with zero attached hydrogens (tertiary/aromatic N) is 1. The Balaban J connectivity index is 2.07. The van der Waals surface area contributed by atoms with E-state index in [0.29, 0.717) is 11.4 Å². The zero-order valence-electron chi connectivity index (χ0n) is 11.2. The molecule has 21 heavy (non-hydrogen) atoms. The minimum absolute atomic E-state index is 0.0450. The third kappa shape index (κ3) is 3.84. The Morgan fingerprint density at radius 2 is 2.10 bits per heavy atom. The van der Waals surface area contributed by atoms with Crippen molar-refractivity contribution in [3.63, 3.8) is 0 Å². The van der Waals surface area contributed by atoms with Crippen LogP contribution in [0, 0.1) is 0 Å². The molecule has 0 unspecified atom stereocenters. The van der Waals surface area contributed by atoms with E-state index < -0.39 is 18.1 Å². The molecule has 7 nitrogen and oxygen atoms in total. The van der Waals surface area contributed by atoms with Gasteiger partial charge in [-0.2, -0.15) is 0 Å². The summed E-state index contributed by atoms with van der Waals surface area (Å²) in [4.78, 5) is 24.0. The normalized spacial score (nSPS) is 21.9. The van der Waals surface area contributed by atoms with Crippen LogP contribution >= 0.6 is 11.6 Å². The minimum Gasteiger partial charge on any atom is -0.465 e. The van der Waals surface area contributed by atoms with Gasteiger partial charge in [-0.15, -0.1) is 0 Å². The number of ether oxygens (including phenoxy) is 1. The molecule has 1 aliphatic heterocycles. The standard InChI is InChI=1S/C13H16ClN3O4/c14-9-3-1-8(2-4-9)5-10-7-21-11(12(18)16-15)6-17(10)13(19)20/h1-4,10-11H,5-7,15H2,(H,16,18)(H,19,20)/t10-,11+/m0/s1. The van der Waals surface area contributed by atoms with Crippen LogP contribution in [0.15, 0.2) is 24.3 Å². The molecule has 1 aliphatic rings. The molecule has 0 saturated carbocycles. The minimum atomic E-state index is -1.09. The zero-order chi connectivity index (χ0) is 15.4. The molecular formula is C13H16ClN3O4. The van der Waals surface area contributed by atoms with Crippen molar-refractivity contribution < 1.29 is 19.4 Å². The molecule has 1 heterocycles. The predicted octanol–water partition coefficient (Wildman–Crippen LogP) is 0.620. The third-order valence-corrected chi connectivity index (χ3v) is 3.61. The van der Waals surface area contributed by atoms with Crippen LogP contribution < -0.4 is 11.3 Å². The maximum atomic E-state index is 11.4. The summed E-state index contributed by atoms with van der Waals surface area (Å²) in [5.41, 5.74) is 2.91. The van der Waals surface area contributed by atoms with Gasteiger partial charge in [0.25, 0.3) is 5.91 Å². The van der Waals surface area contributed by atoms with Gasteiger partial charge in [0.05, 0.1) is 19.2 Å². The second-order valence-electron chi connectivity index (χ2n) is 4.75. The SMILES string of the molecule is NNC(=O)[C@H]1CN(C(=O)O)[C@@H](Cc2ccc(Cl)cc2)CO1. The number of hydrazine groups is 1. The average Bonchev–Trinajstić information content (AvgIpc) is 2.49. The largest absolute Gasteiger partial charge is 0.465 e. The van der Waals surface area contributed by atoms with E-state index in [9.17, 15) is 14.7 Å². The summed E-state index contributed by atoms with van der Waals surface area (Å²) in [5.74, 6) is 4.50. The van der Waals surface area contributed by atoms with Gasteiger partial charge in [0, 0.05) is 5.02 Å². The second kappa shape index (κ2) is 6.75. The Kier molecular flexibility index (Phi) is 5.00. The Morgan fingerprint density at radius 3 is 2.67 bits per heavy atom. The number of carbonyl (C=O) groups is 2. The molecule has 1 fully saturated rings. The van der Waals surface area contributed by atoms with Crippen molar-refractivity contribution in [2.75, 3.05) is 13.2 Å². The molecule has 0 aliphatic carbocycles. The number of morpholine rings is 1. The lowest BCUT2D eigenvalue weighted by molar-refractivity contribution is -0.140. The number of halogens is 1. The molecule has 0 aromatic heterocycles. The lowest BCUT2D eigenvalue weighted by atomic mass is 10.0. The molecule has 1 aromatic rings. The maximum Gasteiger partial charge on any atom is 0.407 e. The van der Waals surface area contributed by atoms with E-state index in [1.165, 1.54) is 4.90 Å². The number of nitrogens with two attached hydrogens (primary N) is 1. The van der Waals surface area contributed by atoms with Crippen LogP contribution in [0.5, 0.6) is 0 Å². The van der Waals surface area contributed by atoms with E-state index in [4.69, 9.17) is 22.2 Å². The highest BCUT2D eigenvalue weighted by molar-refractivity contribution is 6.30. The fourth-order valence-electron chi connectivity index (χ4n) is 2.25. The van der Waals surface area contributed by atoms with Crippen LogP contribution in [-0.2, 0) is 16.0 Å². The first-order chi connectivity index (χ1) is 10.0. The summed E-state index contributed by atoms with van der Waals surface area (Å²) in [6.07, 6.45) is -1.49. The zero-order valence-corrected chi connectivity index (χ0v) is 11.9. The molecule has 2 rings (SSSR count). The Labute approximate surface area is 126 Å². The summed E-state index contributed by atoms with van der Waals surface area (Å²) >= 11 is 5.82. The Morgan fingerprint density at radius 1 is 1.43 bits per heavy atom. The highest BCUT2D eigenvalue weighted by Crippen LogP contribution is 2.18. The number of hydrogen-bond acceptors (Lipinski definition) is 4.